The van der Waals surface area contributed by atoms with E-state index in [4.69, 9.17) is 4.74 Å². The van der Waals surface area contributed by atoms with Crippen LogP contribution in [0.4, 0.5) is 0 Å². The minimum Gasteiger partial charge on any atom is -0.489 e. The molecule has 2 aromatic carbocycles. The van der Waals surface area contributed by atoms with Crippen LogP contribution in [0.15, 0.2) is 48.5 Å². The van der Waals surface area contributed by atoms with Crippen molar-refractivity contribution in [3.8, 4) is 11.8 Å². The van der Waals surface area contributed by atoms with Crippen molar-refractivity contribution in [2.24, 2.45) is 0 Å². The summed E-state index contributed by atoms with van der Waals surface area (Å²) in [5.41, 5.74) is 1.26. The van der Waals surface area contributed by atoms with E-state index < -0.39 is 5.60 Å². The highest BCUT2D eigenvalue weighted by Crippen LogP contribution is 2.46. The SMILES string of the molecule is N#Cc1ccccc1COc1cccc(C(=O)NC23CCC(O)(CC2)CC3)c1. The molecule has 144 valence electrons. The van der Waals surface area contributed by atoms with Gasteiger partial charge in [-0.1, -0.05) is 24.3 Å². The Morgan fingerprint density at radius 1 is 1.07 bits per heavy atom. The average Bonchev–Trinajstić information content (AvgIpc) is 2.74. The molecule has 0 aromatic heterocycles. The zero-order valence-corrected chi connectivity index (χ0v) is 15.8. The number of carbonyl (C=O) groups excluding carboxylic acids is 1. The third-order valence-corrected chi connectivity index (χ3v) is 6.21. The summed E-state index contributed by atoms with van der Waals surface area (Å²) in [6.07, 6.45) is 4.77. The van der Waals surface area contributed by atoms with Gasteiger partial charge in [0, 0.05) is 16.7 Å². The van der Waals surface area contributed by atoms with Gasteiger partial charge in [0.25, 0.3) is 5.91 Å². The van der Waals surface area contributed by atoms with Crippen molar-refractivity contribution in [3.63, 3.8) is 0 Å². The third kappa shape index (κ3) is 3.74. The summed E-state index contributed by atoms with van der Waals surface area (Å²) in [7, 11) is 0. The van der Waals surface area contributed by atoms with Crippen molar-refractivity contribution in [2.45, 2.75) is 56.3 Å². The fourth-order valence-electron chi connectivity index (χ4n) is 4.31. The molecule has 2 aromatic rings. The third-order valence-electron chi connectivity index (χ3n) is 6.21. The first-order valence-corrected chi connectivity index (χ1v) is 9.77. The summed E-state index contributed by atoms with van der Waals surface area (Å²) >= 11 is 0. The molecule has 0 unspecified atom stereocenters. The van der Waals surface area contributed by atoms with Crippen molar-refractivity contribution in [1.29, 1.82) is 5.26 Å². The van der Waals surface area contributed by atoms with Gasteiger partial charge in [-0.15, -0.1) is 0 Å². The molecule has 1 amide bonds. The van der Waals surface area contributed by atoms with Crippen molar-refractivity contribution < 1.29 is 14.6 Å². The molecule has 2 bridgehead atoms. The highest BCUT2D eigenvalue weighted by Gasteiger charge is 2.48. The van der Waals surface area contributed by atoms with Crippen LogP contribution >= 0.6 is 0 Å². The highest BCUT2D eigenvalue weighted by atomic mass is 16.5. The second-order valence-electron chi connectivity index (χ2n) is 8.04. The molecule has 5 rings (SSSR count). The molecule has 5 heteroatoms. The van der Waals surface area contributed by atoms with Gasteiger partial charge in [0.1, 0.15) is 12.4 Å². The number of benzene rings is 2. The van der Waals surface area contributed by atoms with E-state index in [-0.39, 0.29) is 18.1 Å². The van der Waals surface area contributed by atoms with Crippen LogP contribution < -0.4 is 10.1 Å². The minimum absolute atomic E-state index is 0.102. The first-order valence-electron chi connectivity index (χ1n) is 9.77. The standard InChI is InChI=1S/C23H24N2O3/c24-15-18-4-1-2-5-19(18)16-28-20-7-3-6-17(14-20)21(26)25-22-8-11-23(27,12-9-22)13-10-22/h1-7,14,27H,8-13,16H2,(H,25,26). The van der Waals surface area contributed by atoms with E-state index in [0.717, 1.165) is 44.1 Å². The number of amides is 1. The number of hydrogen-bond acceptors (Lipinski definition) is 4. The van der Waals surface area contributed by atoms with Crippen LogP contribution in [-0.4, -0.2) is 22.2 Å². The molecule has 0 radical (unpaired) electrons. The van der Waals surface area contributed by atoms with Gasteiger partial charge in [-0.2, -0.15) is 5.26 Å². The van der Waals surface area contributed by atoms with Crippen LogP contribution in [0.1, 0.15) is 60.0 Å². The normalized spacial score (nSPS) is 25.7. The number of hydrogen-bond donors (Lipinski definition) is 2. The quantitative estimate of drug-likeness (QED) is 0.833. The Labute approximate surface area is 165 Å². The van der Waals surface area contributed by atoms with Crippen molar-refractivity contribution in [3.05, 3.63) is 65.2 Å². The Morgan fingerprint density at radius 3 is 2.50 bits per heavy atom. The number of aliphatic hydroxyl groups is 1. The van der Waals surface area contributed by atoms with Crippen LogP contribution in [0.2, 0.25) is 0 Å². The van der Waals surface area contributed by atoms with Gasteiger partial charge in [-0.3, -0.25) is 4.79 Å². The zero-order chi connectivity index (χ0) is 19.6. The van der Waals surface area contributed by atoms with E-state index >= 15 is 0 Å². The Hall–Kier alpha value is -2.84. The second-order valence-corrected chi connectivity index (χ2v) is 8.04. The molecule has 0 atom stereocenters. The lowest BCUT2D eigenvalue weighted by Gasteiger charge is -2.51. The molecular formula is C23H24N2O3. The Kier molecular flexibility index (Phi) is 4.82. The monoisotopic (exact) mass is 376 g/mol. The largest absolute Gasteiger partial charge is 0.489 e. The summed E-state index contributed by atoms with van der Waals surface area (Å²) in [6, 6.07) is 16.6. The molecular weight excluding hydrogens is 352 g/mol. The van der Waals surface area contributed by atoms with Gasteiger partial charge >= 0.3 is 0 Å². The number of ether oxygens (including phenoxy) is 1. The molecule has 3 aliphatic carbocycles. The van der Waals surface area contributed by atoms with Crippen LogP contribution in [0.3, 0.4) is 0 Å². The van der Waals surface area contributed by atoms with E-state index in [0.29, 0.717) is 16.9 Å². The first kappa shape index (κ1) is 18.5. The predicted octanol–water partition coefficient (Wildman–Crippen LogP) is 3.70. The van der Waals surface area contributed by atoms with Crippen molar-refractivity contribution in [2.75, 3.05) is 0 Å². The number of nitrogens with one attached hydrogen (secondary N) is 1. The maximum Gasteiger partial charge on any atom is 0.251 e. The summed E-state index contributed by atoms with van der Waals surface area (Å²) in [4.78, 5) is 12.8. The topological polar surface area (TPSA) is 82.3 Å². The molecule has 0 aliphatic heterocycles. The zero-order valence-electron chi connectivity index (χ0n) is 15.8. The Morgan fingerprint density at radius 2 is 1.79 bits per heavy atom. The summed E-state index contributed by atoms with van der Waals surface area (Å²) in [6.45, 7) is 0.275. The van der Waals surface area contributed by atoms with E-state index in [1.807, 2.05) is 24.3 Å². The maximum absolute atomic E-state index is 12.8. The lowest BCUT2D eigenvalue weighted by atomic mass is 9.63. The molecule has 5 nitrogen and oxygen atoms in total. The number of nitriles is 1. The number of nitrogens with zero attached hydrogens (tertiary/aromatic N) is 1. The number of fused-ring (bicyclic) bond motifs is 3. The van der Waals surface area contributed by atoms with E-state index in [2.05, 4.69) is 11.4 Å². The van der Waals surface area contributed by atoms with Crippen LogP contribution in [0.25, 0.3) is 0 Å². The molecule has 2 N–H and O–H groups in total. The maximum atomic E-state index is 12.8. The van der Waals surface area contributed by atoms with Gasteiger partial charge in [0.15, 0.2) is 0 Å². The summed E-state index contributed by atoms with van der Waals surface area (Å²) in [5, 5.41) is 22.8. The number of rotatable bonds is 5. The molecule has 3 saturated carbocycles. The Balaban J connectivity index is 1.42. The second kappa shape index (κ2) is 7.29. The highest BCUT2D eigenvalue weighted by molar-refractivity contribution is 5.95. The van der Waals surface area contributed by atoms with Gasteiger partial charge in [0.05, 0.1) is 17.2 Å². The smallest absolute Gasteiger partial charge is 0.251 e. The lowest BCUT2D eigenvalue weighted by molar-refractivity contribution is -0.0702. The van der Waals surface area contributed by atoms with Crippen LogP contribution in [0.5, 0.6) is 5.75 Å². The van der Waals surface area contributed by atoms with E-state index in [1.165, 1.54) is 0 Å². The molecule has 0 saturated heterocycles. The van der Waals surface area contributed by atoms with E-state index in [9.17, 15) is 15.2 Å². The predicted molar refractivity (Wildman–Crippen MR) is 105 cm³/mol. The average molecular weight is 376 g/mol. The first-order chi connectivity index (χ1) is 13.5. The molecule has 0 spiro atoms. The van der Waals surface area contributed by atoms with Gasteiger partial charge in [-0.25, -0.2) is 0 Å². The molecule has 28 heavy (non-hydrogen) atoms. The van der Waals surface area contributed by atoms with Crippen molar-refractivity contribution in [1.82, 2.24) is 5.32 Å². The minimum atomic E-state index is -0.514. The van der Waals surface area contributed by atoms with Crippen LogP contribution in [0, 0.1) is 11.3 Å². The van der Waals surface area contributed by atoms with Gasteiger partial charge < -0.3 is 15.2 Å². The molecule has 0 heterocycles. The van der Waals surface area contributed by atoms with Crippen molar-refractivity contribution >= 4 is 5.91 Å². The number of carbonyl (C=O) groups is 1. The van der Waals surface area contributed by atoms with Gasteiger partial charge in [-0.05, 0) is 62.8 Å². The molecule has 3 fully saturated rings. The fourth-order valence-corrected chi connectivity index (χ4v) is 4.31. The Bertz CT molecular complexity index is 907. The summed E-state index contributed by atoms with van der Waals surface area (Å²) < 4.78 is 5.82. The van der Waals surface area contributed by atoms with Gasteiger partial charge in [0.2, 0.25) is 0 Å². The van der Waals surface area contributed by atoms with Crippen LogP contribution in [-0.2, 0) is 6.61 Å². The summed E-state index contributed by atoms with van der Waals surface area (Å²) in [5.74, 6) is 0.495. The van der Waals surface area contributed by atoms with E-state index in [1.54, 1.807) is 24.3 Å². The lowest BCUT2D eigenvalue weighted by Crippen LogP contribution is -2.58. The fraction of sp³-hybridized carbons (Fsp3) is 0.391. The molecule has 3 aliphatic rings.